The maximum atomic E-state index is 5.84. The Hall–Kier alpha value is -1.12. The molecule has 0 fully saturated rings. The quantitative estimate of drug-likeness (QED) is 0.846. The summed E-state index contributed by atoms with van der Waals surface area (Å²) in [5.74, 6) is 0. The zero-order chi connectivity index (χ0) is 12.6. The summed E-state index contributed by atoms with van der Waals surface area (Å²) in [4.78, 5) is 1.36. The van der Waals surface area contributed by atoms with Crippen LogP contribution >= 0.6 is 11.3 Å². The first-order chi connectivity index (χ1) is 8.04. The predicted molar refractivity (Wildman–Crippen MR) is 76.6 cm³/mol. The van der Waals surface area contributed by atoms with E-state index in [2.05, 4.69) is 45.2 Å². The Morgan fingerprint density at radius 1 is 1.00 bits per heavy atom. The summed E-state index contributed by atoms with van der Waals surface area (Å²) in [5, 5.41) is 2.18. The second kappa shape index (κ2) is 4.63. The van der Waals surface area contributed by atoms with Gasteiger partial charge in [0.25, 0.3) is 0 Å². The first kappa shape index (κ1) is 12.3. The molecule has 0 atom stereocenters. The van der Waals surface area contributed by atoms with E-state index in [4.69, 9.17) is 5.73 Å². The van der Waals surface area contributed by atoms with Crippen LogP contribution in [0.25, 0.3) is 11.1 Å². The molecule has 0 bridgehead atoms. The molecule has 0 aliphatic carbocycles. The molecule has 1 heterocycles. The molecule has 0 aliphatic heterocycles. The van der Waals surface area contributed by atoms with Crippen LogP contribution in [0.5, 0.6) is 0 Å². The maximum Gasteiger partial charge on any atom is 0.0192 e. The molecule has 0 radical (unpaired) electrons. The van der Waals surface area contributed by atoms with E-state index in [1.54, 1.807) is 11.3 Å². The minimum atomic E-state index is 0.617. The molecule has 1 nitrogen and oxygen atoms in total. The van der Waals surface area contributed by atoms with Crippen LogP contribution < -0.4 is 5.73 Å². The molecule has 0 saturated carbocycles. The van der Waals surface area contributed by atoms with Crippen LogP contribution in [0.1, 0.15) is 27.1 Å². The highest BCUT2D eigenvalue weighted by atomic mass is 32.1. The van der Waals surface area contributed by atoms with Gasteiger partial charge in [-0.15, -0.1) is 11.3 Å². The van der Waals surface area contributed by atoms with Crippen molar-refractivity contribution >= 4 is 11.3 Å². The highest BCUT2D eigenvalue weighted by Crippen LogP contribution is 2.36. The molecule has 90 valence electrons. The van der Waals surface area contributed by atoms with Gasteiger partial charge >= 0.3 is 0 Å². The standard InChI is InChI=1S/C15H19NS/c1-9-5-10(2)14(11(3)6-9)15-12(4)17-8-13(15)7-16/h5-6,8H,7,16H2,1-4H3. The molecule has 2 N–H and O–H groups in total. The van der Waals surface area contributed by atoms with Crippen molar-refractivity contribution in [2.75, 3.05) is 0 Å². The van der Waals surface area contributed by atoms with E-state index in [0.29, 0.717) is 6.54 Å². The summed E-state index contributed by atoms with van der Waals surface area (Å²) in [6.07, 6.45) is 0. The highest BCUT2D eigenvalue weighted by Gasteiger charge is 2.14. The van der Waals surface area contributed by atoms with E-state index >= 15 is 0 Å². The van der Waals surface area contributed by atoms with Gasteiger partial charge in [-0.3, -0.25) is 0 Å². The minimum absolute atomic E-state index is 0.617. The Kier molecular flexibility index (Phi) is 3.36. The molecule has 2 aromatic rings. The third kappa shape index (κ3) is 2.15. The first-order valence-corrected chi connectivity index (χ1v) is 6.77. The fraction of sp³-hybridized carbons (Fsp3) is 0.333. The largest absolute Gasteiger partial charge is 0.326 e. The molecule has 2 rings (SSSR count). The van der Waals surface area contributed by atoms with Gasteiger partial charge in [0.2, 0.25) is 0 Å². The van der Waals surface area contributed by atoms with Crippen LogP contribution in [-0.2, 0) is 6.54 Å². The molecule has 1 aromatic carbocycles. The first-order valence-electron chi connectivity index (χ1n) is 5.90. The summed E-state index contributed by atoms with van der Waals surface area (Å²) in [7, 11) is 0. The molecule has 1 aromatic heterocycles. The fourth-order valence-electron chi connectivity index (χ4n) is 2.56. The number of aryl methyl sites for hydroxylation is 4. The molecular formula is C15H19NS. The van der Waals surface area contributed by atoms with Crippen LogP contribution in [0.3, 0.4) is 0 Å². The number of nitrogens with two attached hydrogens (primary N) is 1. The Labute approximate surface area is 107 Å². The molecule has 17 heavy (non-hydrogen) atoms. The summed E-state index contributed by atoms with van der Waals surface area (Å²) in [5.41, 5.74) is 13.8. The van der Waals surface area contributed by atoms with Gasteiger partial charge in [-0.1, -0.05) is 17.7 Å². The van der Waals surface area contributed by atoms with Crippen LogP contribution in [-0.4, -0.2) is 0 Å². The van der Waals surface area contributed by atoms with E-state index in [0.717, 1.165) is 0 Å². The zero-order valence-corrected chi connectivity index (χ0v) is 11.7. The number of benzene rings is 1. The Balaban J connectivity index is 2.72. The Morgan fingerprint density at radius 2 is 1.59 bits per heavy atom. The molecule has 0 saturated heterocycles. The van der Waals surface area contributed by atoms with Gasteiger partial charge in [0.1, 0.15) is 0 Å². The van der Waals surface area contributed by atoms with Crippen molar-refractivity contribution < 1.29 is 0 Å². The van der Waals surface area contributed by atoms with Crippen LogP contribution in [0.15, 0.2) is 17.5 Å². The monoisotopic (exact) mass is 245 g/mol. The zero-order valence-electron chi connectivity index (χ0n) is 10.9. The van der Waals surface area contributed by atoms with Gasteiger partial charge in [0.05, 0.1) is 0 Å². The Morgan fingerprint density at radius 3 is 2.12 bits per heavy atom. The third-order valence-corrected chi connectivity index (χ3v) is 4.16. The van der Waals surface area contributed by atoms with Crippen molar-refractivity contribution in [3.05, 3.63) is 44.6 Å². The van der Waals surface area contributed by atoms with Gasteiger partial charge in [-0.25, -0.2) is 0 Å². The lowest BCUT2D eigenvalue weighted by Crippen LogP contribution is -1.99. The molecule has 2 heteroatoms. The second-order valence-corrected chi connectivity index (χ2v) is 5.75. The van der Waals surface area contributed by atoms with E-state index in [1.165, 1.54) is 38.3 Å². The van der Waals surface area contributed by atoms with Crippen LogP contribution in [0.2, 0.25) is 0 Å². The fourth-order valence-corrected chi connectivity index (χ4v) is 3.45. The average Bonchev–Trinajstić information content (AvgIpc) is 2.59. The molecule has 0 unspecified atom stereocenters. The highest BCUT2D eigenvalue weighted by molar-refractivity contribution is 7.10. The predicted octanol–water partition coefficient (Wildman–Crippen LogP) is 4.11. The van der Waals surface area contributed by atoms with Gasteiger partial charge in [0.15, 0.2) is 0 Å². The van der Waals surface area contributed by atoms with Crippen LogP contribution in [0.4, 0.5) is 0 Å². The molecular weight excluding hydrogens is 226 g/mol. The van der Waals surface area contributed by atoms with E-state index in [9.17, 15) is 0 Å². The van der Waals surface area contributed by atoms with Gasteiger partial charge in [-0.2, -0.15) is 0 Å². The lowest BCUT2D eigenvalue weighted by molar-refractivity contribution is 1.08. The summed E-state index contributed by atoms with van der Waals surface area (Å²) >= 11 is 1.79. The van der Waals surface area contributed by atoms with E-state index in [1.807, 2.05) is 0 Å². The minimum Gasteiger partial charge on any atom is -0.326 e. The number of hydrogen-bond donors (Lipinski definition) is 1. The van der Waals surface area contributed by atoms with E-state index in [-0.39, 0.29) is 0 Å². The van der Waals surface area contributed by atoms with Crippen molar-refractivity contribution in [1.82, 2.24) is 0 Å². The number of thiophene rings is 1. The van der Waals surface area contributed by atoms with Crippen molar-refractivity contribution in [3.63, 3.8) is 0 Å². The summed E-state index contributed by atoms with van der Waals surface area (Å²) < 4.78 is 0. The SMILES string of the molecule is Cc1cc(C)c(-c2c(CN)csc2C)c(C)c1. The average molecular weight is 245 g/mol. The lowest BCUT2D eigenvalue weighted by Gasteiger charge is -2.13. The molecule has 0 amide bonds. The topological polar surface area (TPSA) is 26.0 Å². The number of rotatable bonds is 2. The summed E-state index contributed by atoms with van der Waals surface area (Å²) in [6, 6.07) is 4.50. The van der Waals surface area contributed by atoms with Gasteiger partial charge < -0.3 is 5.73 Å². The van der Waals surface area contributed by atoms with Crippen molar-refractivity contribution in [2.24, 2.45) is 5.73 Å². The summed E-state index contributed by atoms with van der Waals surface area (Å²) in [6.45, 7) is 9.32. The third-order valence-electron chi connectivity index (χ3n) is 3.20. The van der Waals surface area contributed by atoms with Gasteiger partial charge in [-0.05, 0) is 55.3 Å². The lowest BCUT2D eigenvalue weighted by atomic mass is 9.92. The van der Waals surface area contributed by atoms with E-state index < -0.39 is 0 Å². The second-order valence-electron chi connectivity index (χ2n) is 4.67. The van der Waals surface area contributed by atoms with Crippen molar-refractivity contribution in [2.45, 2.75) is 34.2 Å². The van der Waals surface area contributed by atoms with Gasteiger partial charge in [0, 0.05) is 17.0 Å². The van der Waals surface area contributed by atoms with Crippen molar-refractivity contribution in [3.8, 4) is 11.1 Å². The smallest absolute Gasteiger partial charge is 0.0192 e. The molecule has 0 spiro atoms. The number of hydrogen-bond acceptors (Lipinski definition) is 2. The maximum absolute atomic E-state index is 5.84. The van der Waals surface area contributed by atoms with Crippen LogP contribution in [0, 0.1) is 27.7 Å². The normalized spacial score (nSPS) is 10.9. The molecule has 0 aliphatic rings. The Bertz CT molecular complexity index is 529. The van der Waals surface area contributed by atoms with Crippen molar-refractivity contribution in [1.29, 1.82) is 0 Å².